The fraction of sp³-hybridized carbons (Fsp3) is 0. The Bertz CT molecular complexity index is 3210. The van der Waals surface area contributed by atoms with Gasteiger partial charge in [-0.15, -0.1) is 11.3 Å². The van der Waals surface area contributed by atoms with E-state index in [1.165, 1.54) is 64.3 Å². The monoisotopic (exact) mass is 731 g/mol. The van der Waals surface area contributed by atoms with Crippen molar-refractivity contribution in [3.8, 4) is 61.7 Å². The quantitative estimate of drug-likeness (QED) is 0.170. The van der Waals surface area contributed by atoms with Gasteiger partial charge in [0.2, 0.25) is 0 Å². The fourth-order valence-corrected chi connectivity index (χ4v) is 9.50. The smallest absolute Gasteiger partial charge is 0.159 e. The summed E-state index contributed by atoms with van der Waals surface area (Å²) in [5.74, 6) is 0.700. The normalized spacial score (nSPS) is 11.6. The summed E-state index contributed by atoms with van der Waals surface area (Å²) in [6, 6.07) is 69.3. The molecule has 0 aliphatic carbocycles. The van der Waals surface area contributed by atoms with Crippen molar-refractivity contribution in [2.24, 2.45) is 0 Å². The van der Waals surface area contributed by atoms with Gasteiger partial charge in [0.05, 0.1) is 28.6 Å². The van der Waals surface area contributed by atoms with Gasteiger partial charge in [-0.3, -0.25) is 0 Å². The molecule has 0 amide bonds. The van der Waals surface area contributed by atoms with E-state index < -0.39 is 0 Å². The molecule has 0 aliphatic heterocycles. The minimum Gasteiger partial charge on any atom is -0.306 e. The molecule has 0 aliphatic rings. The van der Waals surface area contributed by atoms with Crippen molar-refractivity contribution in [1.82, 2.24) is 14.5 Å². The van der Waals surface area contributed by atoms with Crippen molar-refractivity contribution in [1.29, 1.82) is 0 Å². The molecule has 0 saturated carbocycles. The zero-order valence-corrected chi connectivity index (χ0v) is 31.1. The number of hydrogen-bond donors (Lipinski definition) is 0. The summed E-state index contributed by atoms with van der Waals surface area (Å²) in [5.41, 5.74) is 13.3. The highest BCUT2D eigenvalue weighted by Crippen LogP contribution is 2.49. The fourth-order valence-electron chi connectivity index (χ4n) is 8.24. The van der Waals surface area contributed by atoms with Gasteiger partial charge >= 0.3 is 0 Å². The lowest BCUT2D eigenvalue weighted by molar-refractivity contribution is 1.09. The summed E-state index contributed by atoms with van der Waals surface area (Å²) >= 11 is 1.88. The van der Waals surface area contributed by atoms with Crippen molar-refractivity contribution in [3.63, 3.8) is 0 Å². The Morgan fingerprint density at radius 2 is 0.946 bits per heavy atom. The molecule has 0 saturated heterocycles. The number of hydrogen-bond acceptors (Lipinski definition) is 3. The Morgan fingerprint density at radius 1 is 0.411 bits per heavy atom. The Kier molecular flexibility index (Phi) is 7.68. The maximum atomic E-state index is 5.33. The van der Waals surface area contributed by atoms with E-state index in [0.717, 1.165) is 33.5 Å². The average Bonchev–Trinajstić information content (AvgIpc) is 3.82. The van der Waals surface area contributed by atoms with Gasteiger partial charge in [0.25, 0.3) is 0 Å². The van der Waals surface area contributed by atoms with E-state index in [-0.39, 0.29) is 0 Å². The lowest BCUT2D eigenvalue weighted by atomic mass is 9.95. The maximum absolute atomic E-state index is 5.33. The van der Waals surface area contributed by atoms with Gasteiger partial charge in [0, 0.05) is 42.1 Å². The summed E-state index contributed by atoms with van der Waals surface area (Å²) < 4.78 is 4.95. The third-order valence-electron chi connectivity index (χ3n) is 10.9. The van der Waals surface area contributed by atoms with Crippen LogP contribution < -0.4 is 0 Å². The van der Waals surface area contributed by atoms with E-state index in [9.17, 15) is 0 Å². The molecule has 56 heavy (non-hydrogen) atoms. The molecule has 0 radical (unpaired) electrons. The first-order valence-electron chi connectivity index (χ1n) is 18.9. The number of nitrogens with zero attached hydrogens (tertiary/aromatic N) is 3. The van der Waals surface area contributed by atoms with E-state index in [2.05, 4.69) is 180 Å². The lowest BCUT2D eigenvalue weighted by Gasteiger charge is -2.15. The highest BCUT2D eigenvalue weighted by Gasteiger charge is 2.24. The van der Waals surface area contributed by atoms with E-state index in [0.29, 0.717) is 5.82 Å². The second-order valence-electron chi connectivity index (χ2n) is 14.2. The minimum absolute atomic E-state index is 0.700. The molecule has 3 heterocycles. The molecule has 11 rings (SSSR count). The predicted octanol–water partition coefficient (Wildman–Crippen LogP) is 14.3. The molecule has 0 fully saturated rings. The highest BCUT2D eigenvalue weighted by atomic mass is 32.1. The van der Waals surface area contributed by atoms with Crippen LogP contribution in [-0.4, -0.2) is 14.5 Å². The Balaban J connectivity index is 1.29. The third kappa shape index (κ3) is 5.34. The van der Waals surface area contributed by atoms with E-state index in [1.54, 1.807) is 0 Å². The molecule has 11 aromatic rings. The van der Waals surface area contributed by atoms with Crippen LogP contribution in [0.1, 0.15) is 0 Å². The van der Waals surface area contributed by atoms with E-state index >= 15 is 0 Å². The van der Waals surface area contributed by atoms with Crippen molar-refractivity contribution in [2.45, 2.75) is 0 Å². The molecule has 3 nitrogen and oxygen atoms in total. The summed E-state index contributed by atoms with van der Waals surface area (Å²) in [7, 11) is 0. The van der Waals surface area contributed by atoms with Crippen molar-refractivity contribution >= 4 is 53.3 Å². The number of benzene rings is 8. The average molecular weight is 732 g/mol. The summed E-state index contributed by atoms with van der Waals surface area (Å²) in [5, 5.41) is 4.99. The molecule has 0 spiro atoms. The number of aromatic nitrogens is 3. The highest BCUT2D eigenvalue weighted by molar-refractivity contribution is 7.27. The molecular formula is C52H33N3S. The molecule has 0 N–H and O–H groups in total. The topological polar surface area (TPSA) is 30.7 Å². The molecule has 262 valence electrons. The largest absolute Gasteiger partial charge is 0.306 e. The van der Waals surface area contributed by atoms with Gasteiger partial charge in [0.1, 0.15) is 0 Å². The van der Waals surface area contributed by atoms with E-state index in [1.807, 2.05) is 35.7 Å². The summed E-state index contributed by atoms with van der Waals surface area (Å²) in [4.78, 5) is 10.4. The number of rotatable bonds is 6. The molecule has 0 unspecified atom stereocenters. The second-order valence-corrected chi connectivity index (χ2v) is 15.2. The molecule has 0 bridgehead atoms. The first-order chi connectivity index (χ1) is 27.8. The van der Waals surface area contributed by atoms with Gasteiger partial charge in [-0.05, 0) is 63.7 Å². The predicted molar refractivity (Wildman–Crippen MR) is 236 cm³/mol. The molecule has 4 heteroatoms. The minimum atomic E-state index is 0.700. The van der Waals surface area contributed by atoms with Crippen LogP contribution >= 0.6 is 11.3 Å². The molecule has 3 aromatic heterocycles. The van der Waals surface area contributed by atoms with Crippen LogP contribution in [0, 0.1) is 0 Å². The van der Waals surface area contributed by atoms with Gasteiger partial charge in [-0.1, -0.05) is 164 Å². The second kappa shape index (κ2) is 13.3. The van der Waals surface area contributed by atoms with Gasteiger partial charge < -0.3 is 4.57 Å². The van der Waals surface area contributed by atoms with Crippen molar-refractivity contribution < 1.29 is 0 Å². The molecule has 8 aromatic carbocycles. The number of fused-ring (bicyclic) bond motifs is 7. The lowest BCUT2D eigenvalue weighted by Crippen LogP contribution is -2.03. The standard InChI is InChI=1S/C52H33N3S/c1-6-16-34(17-7-1)39-26-28-44-42(30-39)49-45(55(44)46-33-53-52(38-24-14-5-15-25-38)54-50(46)37-22-12-4-13-23-37)32-41(36-20-10-3-11-21-36)48-43-31-40(35-18-8-2-9-19-35)27-29-47(43)56-51(48)49/h1-33H. The first-order valence-corrected chi connectivity index (χ1v) is 19.7. The van der Waals surface area contributed by atoms with Crippen molar-refractivity contribution in [3.05, 3.63) is 200 Å². The van der Waals surface area contributed by atoms with Crippen molar-refractivity contribution in [2.75, 3.05) is 0 Å². The van der Waals surface area contributed by atoms with Crippen LogP contribution in [-0.2, 0) is 0 Å². The first kappa shape index (κ1) is 32.3. The van der Waals surface area contributed by atoms with Crippen LogP contribution in [0.15, 0.2) is 200 Å². The Labute approximate surface area is 328 Å². The van der Waals surface area contributed by atoms with Gasteiger partial charge in [0.15, 0.2) is 5.82 Å². The zero-order chi connectivity index (χ0) is 37.0. The zero-order valence-electron chi connectivity index (χ0n) is 30.3. The number of thiophene rings is 1. The third-order valence-corrected chi connectivity index (χ3v) is 12.0. The maximum Gasteiger partial charge on any atom is 0.159 e. The van der Waals surface area contributed by atoms with Crippen LogP contribution in [0.5, 0.6) is 0 Å². The summed E-state index contributed by atoms with van der Waals surface area (Å²) in [6.45, 7) is 0. The van der Waals surface area contributed by atoms with Gasteiger partial charge in [-0.2, -0.15) is 0 Å². The SMILES string of the molecule is c1ccc(-c2ccc3sc4c(c(-c5ccccc5)cc5c4c4cc(-c6ccccc6)ccc4n5-c4cnc(-c5ccccc5)nc4-c4ccccc4)c3c2)cc1. The molecule has 0 atom stereocenters. The van der Waals surface area contributed by atoms with Crippen LogP contribution in [0.25, 0.3) is 104 Å². The van der Waals surface area contributed by atoms with Gasteiger partial charge in [-0.25, -0.2) is 9.97 Å². The van der Waals surface area contributed by atoms with E-state index in [4.69, 9.17) is 9.97 Å². The van der Waals surface area contributed by atoms with Crippen LogP contribution in [0.4, 0.5) is 0 Å². The Morgan fingerprint density at radius 3 is 1.57 bits per heavy atom. The molecular weight excluding hydrogens is 699 g/mol. The van der Waals surface area contributed by atoms with Crippen LogP contribution in [0.3, 0.4) is 0 Å². The Hall–Kier alpha value is -7.14. The summed E-state index contributed by atoms with van der Waals surface area (Å²) in [6.07, 6.45) is 2.02. The van der Waals surface area contributed by atoms with Crippen LogP contribution in [0.2, 0.25) is 0 Å².